The van der Waals surface area contributed by atoms with Crippen molar-refractivity contribution in [3.8, 4) is 5.75 Å². The van der Waals surface area contributed by atoms with E-state index < -0.39 is 0 Å². The first-order valence-electron chi connectivity index (χ1n) is 5.67. The number of nitrogens with zero attached hydrogens (tertiary/aromatic N) is 1. The number of para-hydroxylation sites is 1. The maximum Gasteiger partial charge on any atom is 0.257 e. The smallest absolute Gasteiger partial charge is 0.257 e. The highest BCUT2D eigenvalue weighted by Gasteiger charge is 2.17. The second kappa shape index (κ2) is 6.64. The van der Waals surface area contributed by atoms with Crippen LogP contribution in [-0.2, 0) is 0 Å². The van der Waals surface area contributed by atoms with Gasteiger partial charge in [-0.1, -0.05) is 35.0 Å². The van der Waals surface area contributed by atoms with Gasteiger partial charge in [0, 0.05) is 18.4 Å². The molecule has 0 aromatic heterocycles. The number of rotatable bonds is 5. The Hall–Kier alpha value is -1.03. The van der Waals surface area contributed by atoms with E-state index in [4.69, 9.17) is 4.74 Å². The number of benzene rings is 1. The van der Waals surface area contributed by atoms with Crippen molar-refractivity contribution in [1.82, 2.24) is 4.90 Å². The normalized spacial score (nSPS) is 12.0. The van der Waals surface area contributed by atoms with Crippen LogP contribution >= 0.6 is 15.9 Å². The van der Waals surface area contributed by atoms with E-state index in [1.54, 1.807) is 18.0 Å². The van der Waals surface area contributed by atoms with Gasteiger partial charge in [0.25, 0.3) is 5.91 Å². The molecule has 1 amide bonds. The molecule has 0 N–H and O–H groups in total. The molecule has 4 heteroatoms. The molecule has 0 fully saturated rings. The molecule has 94 valence electrons. The molecule has 1 atom stereocenters. The van der Waals surface area contributed by atoms with Crippen LogP contribution in [0.1, 0.15) is 24.2 Å². The first-order chi connectivity index (χ1) is 8.06. The van der Waals surface area contributed by atoms with Crippen LogP contribution in [0.2, 0.25) is 0 Å². The lowest BCUT2D eigenvalue weighted by Crippen LogP contribution is -2.31. The molecule has 0 aliphatic carbocycles. The number of hydrogen-bond donors (Lipinski definition) is 0. The third-order valence-corrected chi connectivity index (χ3v) is 2.58. The predicted molar refractivity (Wildman–Crippen MR) is 73.0 cm³/mol. The van der Waals surface area contributed by atoms with E-state index in [0.29, 0.717) is 24.5 Å². The Morgan fingerprint density at radius 2 is 2.12 bits per heavy atom. The predicted octanol–water partition coefficient (Wildman–Crippen LogP) is 2.94. The first kappa shape index (κ1) is 14.0. The monoisotopic (exact) mass is 299 g/mol. The zero-order valence-corrected chi connectivity index (χ0v) is 12.0. The Bertz CT molecular complexity index is 379. The molecule has 0 spiro atoms. The van der Waals surface area contributed by atoms with Gasteiger partial charge in [-0.15, -0.1) is 0 Å². The van der Waals surface area contributed by atoms with Gasteiger partial charge < -0.3 is 9.64 Å². The fourth-order valence-corrected chi connectivity index (χ4v) is 2.02. The number of hydrogen-bond acceptors (Lipinski definition) is 2. The van der Waals surface area contributed by atoms with E-state index in [1.165, 1.54) is 0 Å². The Morgan fingerprint density at radius 1 is 1.47 bits per heavy atom. The Balaban J connectivity index is 2.87. The van der Waals surface area contributed by atoms with Crippen molar-refractivity contribution in [3.05, 3.63) is 29.8 Å². The molecule has 1 aromatic rings. The molecular formula is C13H18BrNO2. The second-order valence-electron chi connectivity index (χ2n) is 3.90. The average Bonchev–Trinajstić information content (AvgIpc) is 2.28. The minimum Gasteiger partial charge on any atom is -0.493 e. The number of carbonyl (C=O) groups excluding carboxylic acids is 1. The molecule has 0 heterocycles. The lowest BCUT2D eigenvalue weighted by molar-refractivity contribution is 0.0793. The van der Waals surface area contributed by atoms with Crippen LogP contribution in [0.4, 0.5) is 0 Å². The van der Waals surface area contributed by atoms with Gasteiger partial charge in [-0.05, 0) is 19.1 Å². The van der Waals surface area contributed by atoms with Gasteiger partial charge in [0.15, 0.2) is 0 Å². The maximum atomic E-state index is 12.2. The molecule has 0 aliphatic rings. The van der Waals surface area contributed by atoms with Gasteiger partial charge in [0.05, 0.1) is 12.2 Å². The van der Waals surface area contributed by atoms with E-state index in [1.807, 2.05) is 32.0 Å². The van der Waals surface area contributed by atoms with Crippen LogP contribution in [-0.4, -0.2) is 35.8 Å². The average molecular weight is 300 g/mol. The third kappa shape index (κ3) is 4.04. The standard InChI is InChI=1S/C13H18BrNO2/c1-4-17-12-8-6-5-7-11(12)13(16)15(3)9-10(2)14/h5-8,10H,4,9H2,1-3H3. The first-order valence-corrected chi connectivity index (χ1v) is 6.59. The molecule has 0 saturated heterocycles. The van der Waals surface area contributed by atoms with Crippen molar-refractivity contribution in [2.24, 2.45) is 0 Å². The molecule has 0 bridgehead atoms. The van der Waals surface area contributed by atoms with Crippen molar-refractivity contribution in [2.75, 3.05) is 20.2 Å². The Labute approximate surface area is 111 Å². The molecule has 0 aliphatic heterocycles. The van der Waals surface area contributed by atoms with Crippen LogP contribution in [0.25, 0.3) is 0 Å². The summed E-state index contributed by atoms with van der Waals surface area (Å²) in [4.78, 5) is 14.2. The summed E-state index contributed by atoms with van der Waals surface area (Å²) in [6.45, 7) is 5.14. The number of alkyl halides is 1. The molecule has 17 heavy (non-hydrogen) atoms. The van der Waals surface area contributed by atoms with Crippen molar-refractivity contribution in [1.29, 1.82) is 0 Å². The number of ether oxygens (including phenoxy) is 1. The van der Waals surface area contributed by atoms with Crippen molar-refractivity contribution >= 4 is 21.8 Å². The van der Waals surface area contributed by atoms with Gasteiger partial charge >= 0.3 is 0 Å². The Morgan fingerprint density at radius 3 is 2.71 bits per heavy atom. The maximum absolute atomic E-state index is 12.2. The van der Waals surface area contributed by atoms with Gasteiger partial charge in [-0.2, -0.15) is 0 Å². The highest BCUT2D eigenvalue weighted by molar-refractivity contribution is 9.09. The number of amides is 1. The lowest BCUT2D eigenvalue weighted by atomic mass is 10.1. The fraction of sp³-hybridized carbons (Fsp3) is 0.462. The molecule has 1 rings (SSSR count). The topological polar surface area (TPSA) is 29.5 Å². The van der Waals surface area contributed by atoms with Gasteiger partial charge in [-0.25, -0.2) is 0 Å². The summed E-state index contributed by atoms with van der Waals surface area (Å²) in [5, 5.41) is 0. The van der Waals surface area contributed by atoms with E-state index in [2.05, 4.69) is 15.9 Å². The minimum absolute atomic E-state index is 0.0136. The van der Waals surface area contributed by atoms with Crippen molar-refractivity contribution < 1.29 is 9.53 Å². The van der Waals surface area contributed by atoms with Gasteiger partial charge in [0.2, 0.25) is 0 Å². The zero-order chi connectivity index (χ0) is 12.8. The van der Waals surface area contributed by atoms with Crippen molar-refractivity contribution in [2.45, 2.75) is 18.7 Å². The van der Waals surface area contributed by atoms with Crippen LogP contribution in [0.15, 0.2) is 24.3 Å². The fourth-order valence-electron chi connectivity index (χ4n) is 1.59. The molecule has 3 nitrogen and oxygen atoms in total. The van der Waals surface area contributed by atoms with Crippen LogP contribution < -0.4 is 4.74 Å². The van der Waals surface area contributed by atoms with Gasteiger partial charge in [0.1, 0.15) is 5.75 Å². The SMILES string of the molecule is CCOc1ccccc1C(=O)N(C)CC(C)Br. The molecule has 1 aromatic carbocycles. The summed E-state index contributed by atoms with van der Waals surface area (Å²) in [5.41, 5.74) is 0.616. The quantitative estimate of drug-likeness (QED) is 0.783. The van der Waals surface area contributed by atoms with Gasteiger partial charge in [-0.3, -0.25) is 4.79 Å². The van der Waals surface area contributed by atoms with E-state index in [-0.39, 0.29) is 10.7 Å². The lowest BCUT2D eigenvalue weighted by Gasteiger charge is -2.20. The van der Waals surface area contributed by atoms with E-state index >= 15 is 0 Å². The third-order valence-electron chi connectivity index (χ3n) is 2.29. The highest BCUT2D eigenvalue weighted by atomic mass is 79.9. The van der Waals surface area contributed by atoms with Crippen LogP contribution in [0, 0.1) is 0 Å². The summed E-state index contributed by atoms with van der Waals surface area (Å²) in [6.07, 6.45) is 0. The van der Waals surface area contributed by atoms with E-state index in [9.17, 15) is 4.79 Å². The minimum atomic E-state index is -0.0136. The molecule has 1 unspecified atom stereocenters. The summed E-state index contributed by atoms with van der Waals surface area (Å²) in [7, 11) is 1.79. The summed E-state index contributed by atoms with van der Waals surface area (Å²) in [5.74, 6) is 0.634. The second-order valence-corrected chi connectivity index (χ2v) is 5.46. The number of carbonyl (C=O) groups is 1. The molecule has 0 saturated carbocycles. The zero-order valence-electron chi connectivity index (χ0n) is 10.4. The molecule has 0 radical (unpaired) electrons. The summed E-state index contributed by atoms with van der Waals surface area (Å²) < 4.78 is 5.45. The van der Waals surface area contributed by atoms with E-state index in [0.717, 1.165) is 0 Å². The summed E-state index contributed by atoms with van der Waals surface area (Å²) >= 11 is 3.44. The molecular weight excluding hydrogens is 282 g/mol. The summed E-state index contributed by atoms with van der Waals surface area (Å²) in [6, 6.07) is 7.33. The van der Waals surface area contributed by atoms with Crippen LogP contribution in [0.5, 0.6) is 5.75 Å². The highest BCUT2D eigenvalue weighted by Crippen LogP contribution is 2.19. The Kier molecular flexibility index (Phi) is 5.48. The largest absolute Gasteiger partial charge is 0.493 e. The van der Waals surface area contributed by atoms with Crippen LogP contribution in [0.3, 0.4) is 0 Å². The number of halogens is 1. The van der Waals surface area contributed by atoms with Crippen molar-refractivity contribution in [3.63, 3.8) is 0 Å².